The van der Waals surface area contributed by atoms with Crippen molar-refractivity contribution >= 4 is 17.4 Å². The van der Waals surface area contributed by atoms with Crippen molar-refractivity contribution in [3.63, 3.8) is 0 Å². The SMILES string of the molecule is CCCCOc1ccc2oc(-c3ccc(CN4CC(OC=O)C4)cc3)cc2c1. The fraction of sp³-hybridized carbons (Fsp3) is 0.348. The Hall–Kier alpha value is -2.79. The van der Waals surface area contributed by atoms with Gasteiger partial charge < -0.3 is 13.9 Å². The van der Waals surface area contributed by atoms with Gasteiger partial charge in [-0.15, -0.1) is 0 Å². The Morgan fingerprint density at radius 3 is 2.71 bits per heavy atom. The van der Waals surface area contributed by atoms with E-state index in [0.717, 1.165) is 67.1 Å². The average molecular weight is 379 g/mol. The molecule has 5 heteroatoms. The lowest BCUT2D eigenvalue weighted by Gasteiger charge is -2.37. The highest BCUT2D eigenvalue weighted by Crippen LogP contribution is 2.30. The van der Waals surface area contributed by atoms with Crippen LogP contribution in [0.2, 0.25) is 0 Å². The van der Waals surface area contributed by atoms with Crippen molar-refractivity contribution in [3.8, 4) is 17.1 Å². The van der Waals surface area contributed by atoms with Crippen LogP contribution in [0.3, 0.4) is 0 Å². The van der Waals surface area contributed by atoms with Gasteiger partial charge in [0.2, 0.25) is 0 Å². The minimum atomic E-state index is 0.0446. The number of furan rings is 1. The van der Waals surface area contributed by atoms with Gasteiger partial charge in [0, 0.05) is 30.6 Å². The molecule has 0 amide bonds. The van der Waals surface area contributed by atoms with Gasteiger partial charge in [-0.25, -0.2) is 0 Å². The number of nitrogens with zero attached hydrogens (tertiary/aromatic N) is 1. The zero-order chi connectivity index (χ0) is 19.3. The first kappa shape index (κ1) is 18.6. The number of likely N-dealkylation sites (tertiary alicyclic amines) is 1. The maximum absolute atomic E-state index is 10.3. The molecule has 0 N–H and O–H groups in total. The summed E-state index contributed by atoms with van der Waals surface area (Å²) in [4.78, 5) is 12.6. The minimum Gasteiger partial charge on any atom is -0.494 e. The Bertz CT molecular complexity index is 925. The van der Waals surface area contributed by atoms with Crippen molar-refractivity contribution in [3.05, 3.63) is 54.1 Å². The maximum atomic E-state index is 10.3. The summed E-state index contributed by atoms with van der Waals surface area (Å²) in [7, 11) is 0. The first-order chi connectivity index (χ1) is 13.7. The number of ether oxygens (including phenoxy) is 2. The molecule has 0 spiro atoms. The van der Waals surface area contributed by atoms with Crippen LogP contribution in [0.15, 0.2) is 52.9 Å². The van der Waals surface area contributed by atoms with Crippen molar-refractivity contribution in [2.24, 2.45) is 0 Å². The summed E-state index contributed by atoms with van der Waals surface area (Å²) >= 11 is 0. The number of fused-ring (bicyclic) bond motifs is 1. The molecule has 4 rings (SSSR count). The summed E-state index contributed by atoms with van der Waals surface area (Å²) in [5.74, 6) is 1.74. The summed E-state index contributed by atoms with van der Waals surface area (Å²) in [5.41, 5.74) is 3.15. The van der Waals surface area contributed by atoms with Crippen LogP contribution in [0, 0.1) is 0 Å². The van der Waals surface area contributed by atoms with Crippen LogP contribution in [0.5, 0.6) is 5.75 Å². The van der Waals surface area contributed by atoms with Gasteiger partial charge in [-0.05, 0) is 36.2 Å². The van der Waals surface area contributed by atoms with Crippen LogP contribution in [-0.2, 0) is 16.1 Å². The zero-order valence-electron chi connectivity index (χ0n) is 16.1. The van der Waals surface area contributed by atoms with E-state index >= 15 is 0 Å². The Kier molecular flexibility index (Phi) is 5.63. The standard InChI is InChI=1S/C23H25NO4/c1-2-3-10-26-20-8-9-22-19(11-20)12-23(28-22)18-6-4-17(5-7-18)13-24-14-21(15-24)27-16-25/h4-9,11-12,16,21H,2-3,10,13-15H2,1H3. The van der Waals surface area contributed by atoms with E-state index in [9.17, 15) is 4.79 Å². The second kappa shape index (κ2) is 8.48. The number of rotatable bonds is 9. The summed E-state index contributed by atoms with van der Waals surface area (Å²) < 4.78 is 16.7. The van der Waals surface area contributed by atoms with Gasteiger partial charge in [0.1, 0.15) is 23.2 Å². The second-order valence-electron chi connectivity index (χ2n) is 7.26. The molecular formula is C23H25NO4. The molecule has 0 bridgehead atoms. The lowest BCUT2D eigenvalue weighted by Crippen LogP contribution is -2.51. The molecule has 1 aliphatic heterocycles. The molecular weight excluding hydrogens is 354 g/mol. The monoisotopic (exact) mass is 379 g/mol. The molecule has 1 aliphatic rings. The van der Waals surface area contributed by atoms with E-state index in [0.29, 0.717) is 6.47 Å². The van der Waals surface area contributed by atoms with Crippen molar-refractivity contribution in [1.82, 2.24) is 4.90 Å². The molecule has 2 aromatic carbocycles. The molecule has 0 aliphatic carbocycles. The Labute approximate surface area is 164 Å². The van der Waals surface area contributed by atoms with Crippen LogP contribution in [0.25, 0.3) is 22.3 Å². The van der Waals surface area contributed by atoms with Gasteiger partial charge in [0.15, 0.2) is 0 Å². The number of carbonyl (C=O) groups is 1. The number of benzene rings is 2. The zero-order valence-corrected chi connectivity index (χ0v) is 16.1. The quantitative estimate of drug-likeness (QED) is 0.401. The molecule has 0 atom stereocenters. The van der Waals surface area contributed by atoms with Gasteiger partial charge in [-0.2, -0.15) is 0 Å². The molecule has 0 saturated carbocycles. The number of hydrogen-bond donors (Lipinski definition) is 0. The highest BCUT2D eigenvalue weighted by molar-refractivity contribution is 5.84. The smallest absolute Gasteiger partial charge is 0.293 e. The third-order valence-corrected chi connectivity index (χ3v) is 5.07. The fourth-order valence-electron chi connectivity index (χ4n) is 3.44. The van der Waals surface area contributed by atoms with Crippen molar-refractivity contribution in [1.29, 1.82) is 0 Å². The number of unbranched alkanes of at least 4 members (excludes halogenated alkanes) is 1. The molecule has 1 aromatic heterocycles. The van der Waals surface area contributed by atoms with Crippen LogP contribution in [0.1, 0.15) is 25.3 Å². The largest absolute Gasteiger partial charge is 0.494 e. The molecule has 5 nitrogen and oxygen atoms in total. The maximum Gasteiger partial charge on any atom is 0.293 e. The predicted molar refractivity (Wildman–Crippen MR) is 108 cm³/mol. The molecule has 0 radical (unpaired) electrons. The lowest BCUT2D eigenvalue weighted by molar-refractivity contribution is -0.142. The summed E-state index contributed by atoms with van der Waals surface area (Å²) in [6.45, 7) is 5.89. The van der Waals surface area contributed by atoms with Crippen LogP contribution >= 0.6 is 0 Å². The van der Waals surface area contributed by atoms with Crippen molar-refractivity contribution in [2.45, 2.75) is 32.4 Å². The first-order valence-electron chi connectivity index (χ1n) is 9.82. The van der Waals surface area contributed by atoms with E-state index in [1.165, 1.54) is 5.56 Å². The van der Waals surface area contributed by atoms with E-state index in [-0.39, 0.29) is 6.10 Å². The topological polar surface area (TPSA) is 51.9 Å². The van der Waals surface area contributed by atoms with Gasteiger partial charge in [0.25, 0.3) is 6.47 Å². The fourth-order valence-corrected chi connectivity index (χ4v) is 3.44. The molecule has 0 unspecified atom stereocenters. The predicted octanol–water partition coefficient (Wildman–Crippen LogP) is 4.64. The van der Waals surface area contributed by atoms with E-state index in [4.69, 9.17) is 13.9 Å². The lowest BCUT2D eigenvalue weighted by atomic mass is 10.1. The third kappa shape index (κ3) is 4.20. The van der Waals surface area contributed by atoms with E-state index in [1.807, 2.05) is 18.2 Å². The van der Waals surface area contributed by atoms with Gasteiger partial charge in [-0.3, -0.25) is 9.69 Å². The highest BCUT2D eigenvalue weighted by atomic mass is 16.5. The molecule has 2 heterocycles. The summed E-state index contributed by atoms with van der Waals surface area (Å²) in [6.07, 6.45) is 2.23. The second-order valence-corrected chi connectivity index (χ2v) is 7.26. The normalized spacial score (nSPS) is 14.8. The van der Waals surface area contributed by atoms with E-state index in [1.54, 1.807) is 0 Å². The summed E-state index contributed by atoms with van der Waals surface area (Å²) in [6, 6.07) is 16.4. The molecule has 28 heavy (non-hydrogen) atoms. The van der Waals surface area contributed by atoms with Gasteiger partial charge in [-0.1, -0.05) is 37.6 Å². The van der Waals surface area contributed by atoms with E-state index < -0.39 is 0 Å². The highest BCUT2D eigenvalue weighted by Gasteiger charge is 2.27. The number of carbonyl (C=O) groups excluding carboxylic acids is 1. The summed E-state index contributed by atoms with van der Waals surface area (Å²) in [5, 5.41) is 1.05. The van der Waals surface area contributed by atoms with Gasteiger partial charge >= 0.3 is 0 Å². The van der Waals surface area contributed by atoms with Gasteiger partial charge in [0.05, 0.1) is 6.61 Å². The molecule has 1 fully saturated rings. The average Bonchev–Trinajstić information content (AvgIpc) is 3.10. The van der Waals surface area contributed by atoms with Crippen molar-refractivity contribution < 1.29 is 18.7 Å². The minimum absolute atomic E-state index is 0.0446. The Morgan fingerprint density at radius 2 is 1.96 bits per heavy atom. The van der Waals surface area contributed by atoms with E-state index in [2.05, 4.69) is 42.2 Å². The first-order valence-corrected chi connectivity index (χ1v) is 9.82. The Balaban J connectivity index is 1.41. The van der Waals surface area contributed by atoms with Crippen LogP contribution < -0.4 is 4.74 Å². The van der Waals surface area contributed by atoms with Crippen LogP contribution in [-0.4, -0.2) is 37.2 Å². The number of hydrogen-bond acceptors (Lipinski definition) is 5. The molecule has 146 valence electrons. The molecule has 1 saturated heterocycles. The molecule has 3 aromatic rings. The van der Waals surface area contributed by atoms with Crippen LogP contribution in [0.4, 0.5) is 0 Å². The third-order valence-electron chi connectivity index (χ3n) is 5.07. The Morgan fingerprint density at radius 1 is 1.14 bits per heavy atom. The van der Waals surface area contributed by atoms with Crippen molar-refractivity contribution in [2.75, 3.05) is 19.7 Å².